The quantitative estimate of drug-likeness (QED) is 0.720. The summed E-state index contributed by atoms with van der Waals surface area (Å²) in [5.41, 5.74) is 0. The van der Waals surface area contributed by atoms with Gasteiger partial charge in [0.1, 0.15) is 0 Å². The lowest BCUT2D eigenvalue weighted by Gasteiger charge is -2.25. The van der Waals surface area contributed by atoms with E-state index in [0.29, 0.717) is 19.4 Å². The fourth-order valence-electron chi connectivity index (χ4n) is 1.72. The van der Waals surface area contributed by atoms with Gasteiger partial charge < -0.3 is 10.0 Å². The summed E-state index contributed by atoms with van der Waals surface area (Å²) in [6.45, 7) is 2.36. The smallest absolute Gasteiger partial charge is 0.305 e. The zero-order chi connectivity index (χ0) is 10.7. The molecule has 1 aliphatic rings. The number of carboxylic acids is 1. The van der Waals surface area contributed by atoms with E-state index in [1.165, 1.54) is 0 Å². The number of halogens is 1. The highest BCUT2D eigenvalue weighted by atomic mass is 35.5. The number of hydrogen-bond donors (Lipinski definition) is 1. The molecule has 80 valence electrons. The van der Waals surface area contributed by atoms with Crippen molar-refractivity contribution in [3.8, 4) is 0 Å². The van der Waals surface area contributed by atoms with Gasteiger partial charge in [-0.2, -0.15) is 0 Å². The molecule has 1 saturated heterocycles. The number of carbonyl (C=O) groups is 2. The van der Waals surface area contributed by atoms with Gasteiger partial charge in [-0.3, -0.25) is 9.59 Å². The number of carboxylic acid groups (broad SMARTS) is 1. The molecular weight excluding hydrogens is 206 g/mol. The summed E-state index contributed by atoms with van der Waals surface area (Å²) in [4.78, 5) is 23.5. The fraction of sp³-hybridized carbons (Fsp3) is 0.778. The predicted molar refractivity (Wildman–Crippen MR) is 52.3 cm³/mol. The Morgan fingerprint density at radius 3 is 2.79 bits per heavy atom. The van der Waals surface area contributed by atoms with Crippen LogP contribution in [0, 0.1) is 0 Å². The van der Waals surface area contributed by atoms with Crippen molar-refractivity contribution in [2.75, 3.05) is 6.54 Å². The maximum absolute atomic E-state index is 11.4. The van der Waals surface area contributed by atoms with Gasteiger partial charge in [-0.1, -0.05) is 6.92 Å². The van der Waals surface area contributed by atoms with Crippen molar-refractivity contribution in [2.45, 2.75) is 37.6 Å². The molecule has 0 spiro atoms. The second-order valence-corrected chi connectivity index (χ2v) is 4.12. The number of amides is 1. The van der Waals surface area contributed by atoms with E-state index in [4.69, 9.17) is 16.7 Å². The van der Waals surface area contributed by atoms with Crippen molar-refractivity contribution >= 4 is 23.5 Å². The van der Waals surface area contributed by atoms with Gasteiger partial charge >= 0.3 is 5.97 Å². The van der Waals surface area contributed by atoms with Crippen LogP contribution >= 0.6 is 11.6 Å². The average molecular weight is 220 g/mol. The zero-order valence-corrected chi connectivity index (χ0v) is 8.83. The molecule has 1 fully saturated rings. The minimum absolute atomic E-state index is 0.00580. The molecule has 1 aliphatic heterocycles. The number of aliphatic carboxylic acids is 1. The van der Waals surface area contributed by atoms with Crippen molar-refractivity contribution in [3.05, 3.63) is 0 Å². The van der Waals surface area contributed by atoms with E-state index in [-0.39, 0.29) is 23.7 Å². The van der Waals surface area contributed by atoms with E-state index in [1.54, 1.807) is 4.90 Å². The Kier molecular flexibility index (Phi) is 3.75. The average Bonchev–Trinajstić information content (AvgIpc) is 2.41. The number of carbonyl (C=O) groups excluding carboxylic acids is 1. The molecule has 0 aromatic carbocycles. The molecule has 1 rings (SSSR count). The second-order valence-electron chi connectivity index (χ2n) is 3.51. The normalized spacial score (nSPS) is 24.0. The molecule has 2 unspecified atom stereocenters. The van der Waals surface area contributed by atoms with Gasteiger partial charge in [0.15, 0.2) is 0 Å². The third-order valence-electron chi connectivity index (χ3n) is 2.43. The van der Waals surface area contributed by atoms with E-state index in [1.807, 2.05) is 6.92 Å². The summed E-state index contributed by atoms with van der Waals surface area (Å²) in [5.74, 6) is -0.902. The molecule has 14 heavy (non-hydrogen) atoms. The molecule has 1 amide bonds. The maximum Gasteiger partial charge on any atom is 0.305 e. The van der Waals surface area contributed by atoms with Crippen LogP contribution in [0.1, 0.15) is 26.2 Å². The van der Waals surface area contributed by atoms with Gasteiger partial charge in [-0.25, -0.2) is 0 Å². The Hall–Kier alpha value is -0.770. The number of rotatable bonds is 4. The van der Waals surface area contributed by atoms with Crippen LogP contribution < -0.4 is 0 Å². The van der Waals surface area contributed by atoms with E-state index in [0.717, 1.165) is 0 Å². The Labute approximate surface area is 87.8 Å². The largest absolute Gasteiger partial charge is 0.481 e. The third-order valence-corrected chi connectivity index (χ3v) is 2.73. The van der Waals surface area contributed by atoms with Crippen LogP contribution in [0.3, 0.4) is 0 Å². The molecule has 0 aromatic rings. The summed E-state index contributed by atoms with van der Waals surface area (Å²) in [5, 5.41) is 8.49. The minimum atomic E-state index is -0.873. The summed E-state index contributed by atoms with van der Waals surface area (Å²) < 4.78 is 0. The zero-order valence-electron chi connectivity index (χ0n) is 8.07. The highest BCUT2D eigenvalue weighted by Gasteiger charge is 2.33. The van der Waals surface area contributed by atoms with Crippen LogP contribution in [0.15, 0.2) is 0 Å². The van der Waals surface area contributed by atoms with Gasteiger partial charge in [0.05, 0.1) is 11.8 Å². The summed E-state index contributed by atoms with van der Waals surface area (Å²) in [6, 6.07) is -0.205. The first-order chi connectivity index (χ1) is 6.54. The van der Waals surface area contributed by atoms with Crippen molar-refractivity contribution in [3.63, 3.8) is 0 Å². The summed E-state index contributed by atoms with van der Waals surface area (Å²) >= 11 is 5.83. The molecule has 2 atom stereocenters. The van der Waals surface area contributed by atoms with Crippen molar-refractivity contribution in [1.82, 2.24) is 4.90 Å². The Morgan fingerprint density at radius 2 is 2.43 bits per heavy atom. The van der Waals surface area contributed by atoms with Gasteiger partial charge in [-0.05, 0) is 6.42 Å². The van der Waals surface area contributed by atoms with E-state index in [9.17, 15) is 9.59 Å². The number of nitrogens with zero attached hydrogens (tertiary/aromatic N) is 1. The molecule has 0 saturated carbocycles. The fourth-order valence-corrected chi connectivity index (χ4v) is 2.00. The standard InChI is InChI=1S/C9H14ClNO3/c1-2-7(4-9(13)14)11-5-6(10)3-8(11)12/h6-7H,2-5H2,1H3,(H,13,14). The van der Waals surface area contributed by atoms with Gasteiger partial charge in [0.25, 0.3) is 0 Å². The number of hydrogen-bond acceptors (Lipinski definition) is 2. The lowest BCUT2D eigenvalue weighted by atomic mass is 10.1. The topological polar surface area (TPSA) is 57.6 Å². The van der Waals surface area contributed by atoms with E-state index in [2.05, 4.69) is 0 Å². The van der Waals surface area contributed by atoms with Crippen LogP contribution in [0.4, 0.5) is 0 Å². The first kappa shape index (κ1) is 11.3. The van der Waals surface area contributed by atoms with Gasteiger partial charge in [-0.15, -0.1) is 11.6 Å². The minimum Gasteiger partial charge on any atom is -0.481 e. The molecule has 5 heteroatoms. The molecule has 0 radical (unpaired) electrons. The maximum atomic E-state index is 11.4. The molecule has 1 heterocycles. The predicted octanol–water partition coefficient (Wildman–Crippen LogP) is 1.08. The highest BCUT2D eigenvalue weighted by molar-refractivity contribution is 6.22. The van der Waals surface area contributed by atoms with Gasteiger partial charge in [0.2, 0.25) is 5.91 Å². The van der Waals surface area contributed by atoms with Gasteiger partial charge in [0, 0.05) is 19.0 Å². The molecule has 1 N–H and O–H groups in total. The molecule has 0 aromatic heterocycles. The van der Waals surface area contributed by atoms with Crippen LogP contribution in [0.5, 0.6) is 0 Å². The Morgan fingerprint density at radius 1 is 1.79 bits per heavy atom. The summed E-state index contributed by atoms with van der Waals surface area (Å²) in [7, 11) is 0. The second kappa shape index (κ2) is 4.64. The van der Waals surface area contributed by atoms with Crippen LogP contribution in [-0.4, -0.2) is 39.8 Å². The lowest BCUT2D eigenvalue weighted by molar-refractivity contribution is -0.139. The Balaban J connectivity index is 2.60. The summed E-state index contributed by atoms with van der Waals surface area (Å²) in [6.07, 6.45) is 0.991. The number of likely N-dealkylation sites (tertiary alicyclic amines) is 1. The lowest BCUT2D eigenvalue weighted by Crippen LogP contribution is -2.37. The monoisotopic (exact) mass is 219 g/mol. The van der Waals surface area contributed by atoms with Crippen LogP contribution in [0.2, 0.25) is 0 Å². The molecular formula is C9H14ClNO3. The highest BCUT2D eigenvalue weighted by Crippen LogP contribution is 2.21. The van der Waals surface area contributed by atoms with Crippen LogP contribution in [0.25, 0.3) is 0 Å². The molecule has 4 nitrogen and oxygen atoms in total. The molecule has 0 bridgehead atoms. The SMILES string of the molecule is CCC(CC(=O)O)N1CC(Cl)CC1=O. The first-order valence-electron chi connectivity index (χ1n) is 4.70. The molecule has 0 aliphatic carbocycles. The first-order valence-corrected chi connectivity index (χ1v) is 5.13. The number of alkyl halides is 1. The third kappa shape index (κ3) is 2.61. The van der Waals surface area contributed by atoms with E-state index >= 15 is 0 Å². The Bertz CT molecular complexity index is 244. The van der Waals surface area contributed by atoms with Crippen molar-refractivity contribution in [1.29, 1.82) is 0 Å². The van der Waals surface area contributed by atoms with Crippen molar-refractivity contribution in [2.24, 2.45) is 0 Å². The van der Waals surface area contributed by atoms with Crippen LogP contribution in [-0.2, 0) is 9.59 Å². The van der Waals surface area contributed by atoms with E-state index < -0.39 is 5.97 Å². The van der Waals surface area contributed by atoms with Crippen molar-refractivity contribution < 1.29 is 14.7 Å².